The highest BCUT2D eigenvalue weighted by Crippen LogP contribution is 2.09. The normalized spacial score (nSPS) is 10.1. The Morgan fingerprint density at radius 3 is 2.23 bits per heavy atom. The number of carbonyl (C=O) groups excluding carboxylic acids is 2. The molecule has 22 heavy (non-hydrogen) atoms. The molecule has 1 rings (SSSR count). The van der Waals surface area contributed by atoms with Gasteiger partial charge in [-0.3, -0.25) is 9.59 Å². The van der Waals surface area contributed by atoms with Crippen molar-refractivity contribution in [2.75, 3.05) is 31.5 Å². The van der Waals surface area contributed by atoms with Gasteiger partial charge in [0, 0.05) is 30.9 Å². The Bertz CT molecular complexity index is 467. The number of amides is 2. The average molecular weight is 305 g/mol. The Kier molecular flexibility index (Phi) is 8.04. The van der Waals surface area contributed by atoms with Gasteiger partial charge in [-0.15, -0.1) is 0 Å². The van der Waals surface area contributed by atoms with E-state index in [0.29, 0.717) is 25.2 Å². The molecule has 0 radical (unpaired) electrons. The van der Waals surface area contributed by atoms with E-state index in [0.717, 1.165) is 18.5 Å². The van der Waals surface area contributed by atoms with E-state index >= 15 is 0 Å². The Morgan fingerprint density at radius 2 is 1.68 bits per heavy atom. The van der Waals surface area contributed by atoms with E-state index in [1.54, 1.807) is 17.0 Å². The Labute approximate surface area is 133 Å². The molecule has 0 bridgehead atoms. The number of hydrogen-bond acceptors (Lipinski definition) is 3. The topological polar surface area (TPSA) is 61.4 Å². The van der Waals surface area contributed by atoms with Gasteiger partial charge < -0.3 is 15.5 Å². The molecule has 1 aromatic carbocycles. The van der Waals surface area contributed by atoms with E-state index in [4.69, 9.17) is 0 Å². The minimum absolute atomic E-state index is 0.0563. The average Bonchev–Trinajstić information content (AvgIpc) is 2.54. The second kappa shape index (κ2) is 9.82. The summed E-state index contributed by atoms with van der Waals surface area (Å²) < 4.78 is 0. The van der Waals surface area contributed by atoms with Gasteiger partial charge in [0.15, 0.2) is 0 Å². The Balaban J connectivity index is 2.48. The van der Waals surface area contributed by atoms with Gasteiger partial charge in [-0.1, -0.05) is 13.3 Å². The minimum Gasteiger partial charge on any atom is -0.376 e. The summed E-state index contributed by atoms with van der Waals surface area (Å²) in [6.45, 7) is 8.42. The van der Waals surface area contributed by atoms with Crippen LogP contribution in [0.25, 0.3) is 0 Å². The predicted octanol–water partition coefficient (Wildman–Crippen LogP) is 2.50. The molecule has 0 fully saturated rings. The molecule has 0 saturated carbocycles. The lowest BCUT2D eigenvalue weighted by molar-refractivity contribution is -0.128. The summed E-state index contributed by atoms with van der Waals surface area (Å²) >= 11 is 0. The third kappa shape index (κ3) is 5.76. The number of carbonyl (C=O) groups is 2. The lowest BCUT2D eigenvalue weighted by Gasteiger charge is -2.19. The number of hydrogen-bond donors (Lipinski definition) is 2. The second-order valence-electron chi connectivity index (χ2n) is 5.11. The van der Waals surface area contributed by atoms with Crippen LogP contribution in [0.2, 0.25) is 0 Å². The highest BCUT2D eigenvalue weighted by atomic mass is 16.2. The monoisotopic (exact) mass is 305 g/mol. The number of rotatable bonds is 9. The molecule has 0 aliphatic carbocycles. The van der Waals surface area contributed by atoms with Crippen LogP contribution in [-0.4, -0.2) is 42.9 Å². The summed E-state index contributed by atoms with van der Waals surface area (Å²) in [6, 6.07) is 7.19. The fourth-order valence-corrected chi connectivity index (χ4v) is 2.09. The molecular formula is C17H27N3O2. The van der Waals surface area contributed by atoms with Crippen molar-refractivity contribution >= 4 is 17.5 Å². The molecule has 122 valence electrons. The lowest BCUT2D eigenvalue weighted by atomic mass is 10.2. The fraction of sp³-hybridized carbons (Fsp3) is 0.529. The molecule has 2 amide bonds. The Morgan fingerprint density at radius 1 is 1.05 bits per heavy atom. The zero-order chi connectivity index (χ0) is 16.4. The first-order valence-electron chi connectivity index (χ1n) is 8.02. The quantitative estimate of drug-likeness (QED) is 0.689. The summed E-state index contributed by atoms with van der Waals surface area (Å²) in [6.07, 6.45) is 2.04. The largest absolute Gasteiger partial charge is 0.376 e. The van der Waals surface area contributed by atoms with Crippen molar-refractivity contribution in [2.24, 2.45) is 0 Å². The van der Waals surface area contributed by atoms with Gasteiger partial charge in [0.2, 0.25) is 5.91 Å². The van der Waals surface area contributed by atoms with Crippen molar-refractivity contribution < 1.29 is 9.59 Å². The van der Waals surface area contributed by atoms with Crippen LogP contribution >= 0.6 is 0 Å². The molecule has 0 heterocycles. The Hall–Kier alpha value is -2.04. The predicted molar refractivity (Wildman–Crippen MR) is 90.1 cm³/mol. The first-order chi connectivity index (χ1) is 10.6. The molecule has 0 aromatic heterocycles. The molecular weight excluding hydrogens is 278 g/mol. The highest BCUT2D eigenvalue weighted by molar-refractivity contribution is 5.94. The molecule has 5 heteroatoms. The first-order valence-corrected chi connectivity index (χ1v) is 8.02. The third-order valence-corrected chi connectivity index (χ3v) is 3.52. The van der Waals surface area contributed by atoms with E-state index in [9.17, 15) is 9.59 Å². The molecule has 0 spiro atoms. The summed E-state index contributed by atoms with van der Waals surface area (Å²) in [5.74, 6) is 0.0191. The summed E-state index contributed by atoms with van der Waals surface area (Å²) in [5, 5.41) is 5.97. The van der Waals surface area contributed by atoms with Crippen LogP contribution in [0.4, 0.5) is 5.69 Å². The molecule has 0 unspecified atom stereocenters. The zero-order valence-corrected chi connectivity index (χ0v) is 13.8. The van der Waals surface area contributed by atoms with E-state index in [1.807, 2.05) is 26.0 Å². The van der Waals surface area contributed by atoms with Gasteiger partial charge in [0.25, 0.3) is 5.91 Å². The van der Waals surface area contributed by atoms with Crippen molar-refractivity contribution in [3.63, 3.8) is 0 Å². The molecule has 5 nitrogen and oxygen atoms in total. The minimum atomic E-state index is -0.0563. The number of nitrogens with one attached hydrogen (secondary N) is 2. The van der Waals surface area contributed by atoms with Crippen molar-refractivity contribution in [1.29, 1.82) is 0 Å². The van der Waals surface area contributed by atoms with Gasteiger partial charge in [-0.05, 0) is 44.5 Å². The lowest BCUT2D eigenvalue weighted by Crippen LogP contribution is -2.35. The van der Waals surface area contributed by atoms with Gasteiger partial charge in [0.05, 0.1) is 6.54 Å². The molecule has 0 atom stereocenters. The first kappa shape index (κ1) is 18.0. The van der Waals surface area contributed by atoms with Crippen LogP contribution in [0.3, 0.4) is 0 Å². The maximum atomic E-state index is 11.9. The molecule has 0 aliphatic rings. The van der Waals surface area contributed by atoms with Crippen LogP contribution in [0.5, 0.6) is 0 Å². The number of nitrogens with zero attached hydrogens (tertiary/aromatic N) is 1. The molecule has 0 saturated heterocycles. The van der Waals surface area contributed by atoms with E-state index < -0.39 is 0 Å². The number of unbranched alkanes of at least 4 members (excludes halogenated alkanes) is 1. The van der Waals surface area contributed by atoms with Crippen LogP contribution < -0.4 is 10.6 Å². The molecule has 0 aliphatic heterocycles. The van der Waals surface area contributed by atoms with E-state index in [1.165, 1.54) is 0 Å². The SMILES string of the molecule is CCCCNC(=O)c1ccc(NCC(=O)N(CC)CC)cc1. The van der Waals surface area contributed by atoms with E-state index in [2.05, 4.69) is 17.6 Å². The smallest absolute Gasteiger partial charge is 0.251 e. The number of anilines is 1. The maximum Gasteiger partial charge on any atom is 0.251 e. The second-order valence-corrected chi connectivity index (χ2v) is 5.11. The van der Waals surface area contributed by atoms with Crippen molar-refractivity contribution in [1.82, 2.24) is 10.2 Å². The standard InChI is InChI=1S/C17H27N3O2/c1-4-7-12-18-17(22)14-8-10-15(11-9-14)19-13-16(21)20(5-2)6-3/h8-11,19H,4-7,12-13H2,1-3H3,(H,18,22). The van der Waals surface area contributed by atoms with Gasteiger partial charge in [-0.2, -0.15) is 0 Å². The van der Waals surface area contributed by atoms with Gasteiger partial charge in [-0.25, -0.2) is 0 Å². The maximum absolute atomic E-state index is 11.9. The molecule has 2 N–H and O–H groups in total. The number of benzene rings is 1. The van der Waals surface area contributed by atoms with E-state index in [-0.39, 0.29) is 18.4 Å². The van der Waals surface area contributed by atoms with Crippen molar-refractivity contribution in [2.45, 2.75) is 33.6 Å². The van der Waals surface area contributed by atoms with Crippen molar-refractivity contribution in [3.05, 3.63) is 29.8 Å². The summed E-state index contributed by atoms with van der Waals surface area (Å²) in [4.78, 5) is 25.6. The zero-order valence-electron chi connectivity index (χ0n) is 13.8. The van der Waals surface area contributed by atoms with Crippen LogP contribution in [0, 0.1) is 0 Å². The van der Waals surface area contributed by atoms with Crippen LogP contribution in [0.1, 0.15) is 44.0 Å². The van der Waals surface area contributed by atoms with Gasteiger partial charge >= 0.3 is 0 Å². The highest BCUT2D eigenvalue weighted by Gasteiger charge is 2.09. The third-order valence-electron chi connectivity index (χ3n) is 3.52. The fourth-order valence-electron chi connectivity index (χ4n) is 2.09. The summed E-state index contributed by atoms with van der Waals surface area (Å²) in [7, 11) is 0. The number of likely N-dealkylation sites (N-methyl/N-ethyl adjacent to an activating group) is 1. The van der Waals surface area contributed by atoms with Gasteiger partial charge in [0.1, 0.15) is 0 Å². The summed E-state index contributed by atoms with van der Waals surface area (Å²) in [5.41, 5.74) is 1.47. The van der Waals surface area contributed by atoms with Crippen LogP contribution in [-0.2, 0) is 4.79 Å². The van der Waals surface area contributed by atoms with Crippen molar-refractivity contribution in [3.8, 4) is 0 Å². The molecule has 1 aromatic rings. The van der Waals surface area contributed by atoms with Crippen LogP contribution in [0.15, 0.2) is 24.3 Å².